The van der Waals surface area contributed by atoms with Gasteiger partial charge in [-0.05, 0) is 16.5 Å². The van der Waals surface area contributed by atoms with Crippen molar-refractivity contribution in [3.8, 4) is 0 Å². The van der Waals surface area contributed by atoms with E-state index in [-0.39, 0.29) is 17.2 Å². The Morgan fingerprint density at radius 3 is 2.28 bits per heavy atom. The van der Waals surface area contributed by atoms with Crippen LogP contribution in [0.4, 0.5) is 0 Å². The molecular weight excluding hydrogens is 224 g/mol. The first-order valence-corrected chi connectivity index (χ1v) is 6.42. The predicted octanol–water partition coefficient (Wildman–Crippen LogP) is 2.20. The molecule has 1 unspecified atom stereocenters. The summed E-state index contributed by atoms with van der Waals surface area (Å²) < 4.78 is 0. The summed E-state index contributed by atoms with van der Waals surface area (Å²) in [6.45, 7) is 9.34. The summed E-state index contributed by atoms with van der Waals surface area (Å²) in [5.74, 6) is -0.115. The van der Waals surface area contributed by atoms with Crippen LogP contribution >= 0.6 is 0 Å². The van der Waals surface area contributed by atoms with Crippen molar-refractivity contribution in [1.82, 2.24) is 5.32 Å². The third-order valence-electron chi connectivity index (χ3n) is 3.09. The number of rotatable bonds is 4. The van der Waals surface area contributed by atoms with Crippen LogP contribution in [0.5, 0.6) is 0 Å². The lowest BCUT2D eigenvalue weighted by molar-refractivity contribution is -0.124. The molecule has 0 aromatic heterocycles. The average molecular weight is 248 g/mol. The van der Waals surface area contributed by atoms with Gasteiger partial charge >= 0.3 is 0 Å². The number of hydrogen-bond donors (Lipinski definition) is 2. The Labute approximate surface area is 110 Å². The van der Waals surface area contributed by atoms with E-state index in [0.29, 0.717) is 13.1 Å². The lowest BCUT2D eigenvalue weighted by Crippen LogP contribution is -2.32. The summed E-state index contributed by atoms with van der Waals surface area (Å²) in [4.78, 5) is 11.6. The van der Waals surface area contributed by atoms with Gasteiger partial charge in [0.2, 0.25) is 5.91 Å². The highest BCUT2D eigenvalue weighted by molar-refractivity contribution is 5.78. The quantitative estimate of drug-likeness (QED) is 0.858. The minimum absolute atomic E-state index is 0.0115. The Morgan fingerprint density at radius 1 is 1.28 bits per heavy atom. The smallest absolute Gasteiger partial charge is 0.224 e. The molecular formula is C15H24N2O. The first kappa shape index (κ1) is 14.7. The zero-order chi connectivity index (χ0) is 13.8. The van der Waals surface area contributed by atoms with Crippen molar-refractivity contribution in [3.63, 3.8) is 0 Å². The molecule has 100 valence electrons. The van der Waals surface area contributed by atoms with Crippen LogP contribution in [0.2, 0.25) is 0 Å². The van der Waals surface area contributed by atoms with E-state index in [0.717, 1.165) is 5.56 Å². The first-order valence-electron chi connectivity index (χ1n) is 6.42. The molecule has 1 amide bonds. The summed E-state index contributed by atoms with van der Waals surface area (Å²) in [5.41, 5.74) is 8.02. The highest BCUT2D eigenvalue weighted by Gasteiger charge is 2.13. The van der Waals surface area contributed by atoms with E-state index in [9.17, 15) is 4.79 Å². The number of hydrogen-bond acceptors (Lipinski definition) is 2. The Morgan fingerprint density at radius 2 is 1.83 bits per heavy atom. The van der Waals surface area contributed by atoms with Crippen molar-refractivity contribution in [1.29, 1.82) is 0 Å². The standard InChI is InChI=1S/C15H24N2O/c1-11(9-16)14(18)17-10-12-5-7-13(8-6-12)15(2,3)4/h5-8,11H,9-10,16H2,1-4H3,(H,17,18). The number of nitrogens with two attached hydrogens (primary N) is 1. The molecule has 1 atom stereocenters. The molecule has 0 fully saturated rings. The van der Waals surface area contributed by atoms with Crippen molar-refractivity contribution in [2.24, 2.45) is 11.7 Å². The van der Waals surface area contributed by atoms with E-state index in [1.807, 2.05) is 6.92 Å². The average Bonchev–Trinajstić information content (AvgIpc) is 2.34. The largest absolute Gasteiger partial charge is 0.352 e. The molecule has 0 saturated heterocycles. The molecule has 3 nitrogen and oxygen atoms in total. The fourth-order valence-corrected chi connectivity index (χ4v) is 1.59. The van der Waals surface area contributed by atoms with Gasteiger partial charge in [0.25, 0.3) is 0 Å². The predicted molar refractivity (Wildman–Crippen MR) is 75.2 cm³/mol. The van der Waals surface area contributed by atoms with Crippen LogP contribution in [0, 0.1) is 5.92 Å². The van der Waals surface area contributed by atoms with E-state index < -0.39 is 0 Å². The molecule has 0 aliphatic rings. The topological polar surface area (TPSA) is 55.1 Å². The summed E-state index contributed by atoms with van der Waals surface area (Å²) >= 11 is 0. The highest BCUT2D eigenvalue weighted by atomic mass is 16.1. The zero-order valence-corrected chi connectivity index (χ0v) is 11.8. The fourth-order valence-electron chi connectivity index (χ4n) is 1.59. The maximum atomic E-state index is 11.6. The molecule has 0 aliphatic carbocycles. The van der Waals surface area contributed by atoms with Gasteiger partial charge in [0.1, 0.15) is 0 Å². The van der Waals surface area contributed by atoms with Gasteiger partial charge < -0.3 is 11.1 Å². The van der Waals surface area contributed by atoms with E-state index >= 15 is 0 Å². The molecule has 1 aromatic rings. The minimum atomic E-state index is -0.126. The van der Waals surface area contributed by atoms with Gasteiger partial charge in [-0.15, -0.1) is 0 Å². The normalized spacial score (nSPS) is 13.2. The van der Waals surface area contributed by atoms with E-state index in [4.69, 9.17) is 5.73 Å². The summed E-state index contributed by atoms with van der Waals surface area (Å²) in [6.07, 6.45) is 0. The molecule has 1 rings (SSSR count). The number of nitrogens with one attached hydrogen (secondary N) is 1. The van der Waals surface area contributed by atoms with Crippen molar-refractivity contribution in [3.05, 3.63) is 35.4 Å². The lowest BCUT2D eigenvalue weighted by atomic mass is 9.87. The summed E-state index contributed by atoms with van der Waals surface area (Å²) in [7, 11) is 0. The molecule has 0 heterocycles. The molecule has 0 spiro atoms. The molecule has 18 heavy (non-hydrogen) atoms. The Balaban J connectivity index is 2.57. The van der Waals surface area contributed by atoms with Crippen molar-refractivity contribution in [2.45, 2.75) is 39.7 Å². The van der Waals surface area contributed by atoms with E-state index in [1.54, 1.807) is 0 Å². The summed E-state index contributed by atoms with van der Waals surface area (Å²) in [5, 5.41) is 2.89. The van der Waals surface area contributed by atoms with Gasteiger partial charge in [-0.2, -0.15) is 0 Å². The maximum absolute atomic E-state index is 11.6. The molecule has 0 radical (unpaired) electrons. The van der Waals surface area contributed by atoms with Crippen molar-refractivity contribution >= 4 is 5.91 Å². The van der Waals surface area contributed by atoms with Gasteiger partial charge in [-0.25, -0.2) is 0 Å². The third kappa shape index (κ3) is 4.15. The molecule has 0 bridgehead atoms. The van der Waals surface area contributed by atoms with Crippen LogP contribution in [-0.4, -0.2) is 12.5 Å². The maximum Gasteiger partial charge on any atom is 0.224 e. The second-order valence-electron chi connectivity index (χ2n) is 5.80. The van der Waals surface area contributed by atoms with Crippen LogP contribution < -0.4 is 11.1 Å². The summed E-state index contributed by atoms with van der Waals surface area (Å²) in [6, 6.07) is 8.36. The number of carbonyl (C=O) groups excluding carboxylic acids is 1. The lowest BCUT2D eigenvalue weighted by Gasteiger charge is -2.19. The van der Waals surface area contributed by atoms with Gasteiger partial charge in [-0.3, -0.25) is 4.79 Å². The molecule has 1 aromatic carbocycles. The molecule has 0 saturated carbocycles. The van der Waals surface area contributed by atoms with Crippen LogP contribution in [0.25, 0.3) is 0 Å². The number of benzene rings is 1. The van der Waals surface area contributed by atoms with E-state index in [2.05, 4.69) is 50.4 Å². The van der Waals surface area contributed by atoms with Crippen LogP contribution in [0.3, 0.4) is 0 Å². The van der Waals surface area contributed by atoms with Gasteiger partial charge in [-0.1, -0.05) is 52.0 Å². The third-order valence-corrected chi connectivity index (χ3v) is 3.09. The number of carbonyl (C=O) groups is 1. The fraction of sp³-hybridized carbons (Fsp3) is 0.533. The Kier molecular flexibility index (Phi) is 4.91. The van der Waals surface area contributed by atoms with Gasteiger partial charge in [0.05, 0.1) is 0 Å². The molecule has 0 aliphatic heterocycles. The Bertz CT molecular complexity index is 390. The van der Waals surface area contributed by atoms with Crippen molar-refractivity contribution in [2.75, 3.05) is 6.54 Å². The number of amides is 1. The Hall–Kier alpha value is -1.35. The molecule has 3 heteroatoms. The van der Waals surface area contributed by atoms with Gasteiger partial charge in [0.15, 0.2) is 0 Å². The zero-order valence-electron chi connectivity index (χ0n) is 11.8. The second-order valence-corrected chi connectivity index (χ2v) is 5.80. The van der Waals surface area contributed by atoms with E-state index in [1.165, 1.54) is 5.56 Å². The monoisotopic (exact) mass is 248 g/mol. The van der Waals surface area contributed by atoms with Crippen molar-refractivity contribution < 1.29 is 4.79 Å². The minimum Gasteiger partial charge on any atom is -0.352 e. The van der Waals surface area contributed by atoms with Crippen LogP contribution in [0.15, 0.2) is 24.3 Å². The van der Waals surface area contributed by atoms with Gasteiger partial charge in [0, 0.05) is 19.0 Å². The second kappa shape index (κ2) is 6.01. The van der Waals surface area contributed by atoms with Crippen LogP contribution in [0.1, 0.15) is 38.8 Å². The molecule has 3 N–H and O–H groups in total. The highest BCUT2D eigenvalue weighted by Crippen LogP contribution is 2.22. The van der Waals surface area contributed by atoms with Crippen LogP contribution in [-0.2, 0) is 16.8 Å². The SMILES string of the molecule is CC(CN)C(=O)NCc1ccc(C(C)(C)C)cc1. The first-order chi connectivity index (χ1) is 8.34.